The van der Waals surface area contributed by atoms with Crippen LogP contribution in [0.25, 0.3) is 11.5 Å². The van der Waals surface area contributed by atoms with Crippen LogP contribution in [0.15, 0.2) is 71.3 Å². The molecule has 0 radical (unpaired) electrons. The Morgan fingerprint density at radius 3 is 2.42 bits per heavy atom. The van der Waals surface area contributed by atoms with E-state index in [0.29, 0.717) is 25.6 Å². The van der Waals surface area contributed by atoms with Crippen molar-refractivity contribution in [1.29, 1.82) is 0 Å². The molecule has 26 heavy (non-hydrogen) atoms. The highest BCUT2D eigenvalue weighted by molar-refractivity contribution is 5.71. The van der Waals surface area contributed by atoms with Crippen molar-refractivity contribution in [3.05, 3.63) is 78.2 Å². The second-order valence-corrected chi connectivity index (χ2v) is 5.95. The first-order chi connectivity index (χ1) is 12.7. The van der Waals surface area contributed by atoms with E-state index in [9.17, 15) is 4.79 Å². The largest absolute Gasteiger partial charge is 0.465 e. The Morgan fingerprint density at radius 2 is 1.73 bits per heavy atom. The third-order valence-electron chi connectivity index (χ3n) is 3.87. The van der Waals surface area contributed by atoms with Crippen molar-refractivity contribution in [2.45, 2.75) is 20.0 Å². The Kier molecular flexibility index (Phi) is 6.17. The first-order valence-electron chi connectivity index (χ1n) is 8.66. The molecular weight excluding hydrogens is 328 g/mol. The minimum atomic E-state index is -0.241. The zero-order chi connectivity index (χ0) is 18.2. The van der Waals surface area contributed by atoms with Crippen molar-refractivity contribution in [2.75, 3.05) is 13.2 Å². The van der Waals surface area contributed by atoms with Crippen molar-refractivity contribution in [3.8, 4) is 11.5 Å². The standard InChI is InChI=1S/C21H22N2O3/c1-2-25-20(24)15-23(13-17-9-5-3-6-10-17)14-19-16-26-21(22-19)18-11-7-4-8-12-18/h3-12,16H,2,13-15H2,1H3. The van der Waals surface area contributed by atoms with Gasteiger partial charge in [-0.15, -0.1) is 0 Å². The SMILES string of the molecule is CCOC(=O)CN(Cc1ccccc1)Cc1coc(-c2ccccc2)n1. The maximum atomic E-state index is 12.0. The Labute approximate surface area is 153 Å². The monoisotopic (exact) mass is 350 g/mol. The van der Waals surface area contributed by atoms with Gasteiger partial charge in [0.15, 0.2) is 0 Å². The van der Waals surface area contributed by atoms with Crippen molar-refractivity contribution in [3.63, 3.8) is 0 Å². The normalized spacial score (nSPS) is 10.8. The topological polar surface area (TPSA) is 55.6 Å². The summed E-state index contributed by atoms with van der Waals surface area (Å²) >= 11 is 0. The van der Waals surface area contributed by atoms with Crippen LogP contribution in [0.4, 0.5) is 0 Å². The zero-order valence-corrected chi connectivity index (χ0v) is 14.8. The van der Waals surface area contributed by atoms with Gasteiger partial charge in [0.1, 0.15) is 6.26 Å². The summed E-state index contributed by atoms with van der Waals surface area (Å²) in [6.45, 7) is 3.52. The molecule has 0 amide bonds. The summed E-state index contributed by atoms with van der Waals surface area (Å²) in [5.74, 6) is 0.339. The maximum absolute atomic E-state index is 12.0. The van der Waals surface area contributed by atoms with Crippen LogP contribution in [0.1, 0.15) is 18.2 Å². The minimum Gasteiger partial charge on any atom is -0.465 e. The molecule has 0 aliphatic rings. The van der Waals surface area contributed by atoms with Crippen LogP contribution in [-0.4, -0.2) is 29.0 Å². The van der Waals surface area contributed by atoms with Crippen LogP contribution >= 0.6 is 0 Å². The van der Waals surface area contributed by atoms with E-state index in [1.807, 2.05) is 72.5 Å². The fraction of sp³-hybridized carbons (Fsp3) is 0.238. The van der Waals surface area contributed by atoms with Crippen molar-refractivity contribution in [1.82, 2.24) is 9.88 Å². The van der Waals surface area contributed by atoms with E-state index in [0.717, 1.165) is 16.8 Å². The average molecular weight is 350 g/mol. The Morgan fingerprint density at radius 1 is 1.04 bits per heavy atom. The van der Waals surface area contributed by atoms with Crippen LogP contribution in [0, 0.1) is 0 Å². The molecule has 0 aliphatic carbocycles. The van der Waals surface area contributed by atoms with Gasteiger partial charge in [0.2, 0.25) is 5.89 Å². The number of carbonyl (C=O) groups is 1. The Balaban J connectivity index is 1.72. The molecule has 0 fully saturated rings. The first kappa shape index (κ1) is 17.9. The van der Waals surface area contributed by atoms with Gasteiger partial charge >= 0.3 is 5.97 Å². The van der Waals surface area contributed by atoms with Gasteiger partial charge in [-0.2, -0.15) is 0 Å². The number of aromatic nitrogens is 1. The summed E-state index contributed by atoms with van der Waals surface area (Å²) in [5, 5.41) is 0. The molecule has 0 unspecified atom stereocenters. The van der Waals surface area contributed by atoms with Crippen molar-refractivity contribution >= 4 is 5.97 Å². The summed E-state index contributed by atoms with van der Waals surface area (Å²) in [4.78, 5) is 18.5. The smallest absolute Gasteiger partial charge is 0.320 e. The highest BCUT2D eigenvalue weighted by atomic mass is 16.5. The third kappa shape index (κ3) is 5.04. The molecule has 0 saturated heterocycles. The van der Waals surface area contributed by atoms with Crippen LogP contribution < -0.4 is 0 Å². The number of rotatable bonds is 8. The molecular formula is C21H22N2O3. The lowest BCUT2D eigenvalue weighted by molar-refractivity contribution is -0.144. The summed E-state index contributed by atoms with van der Waals surface area (Å²) in [6.07, 6.45) is 1.64. The maximum Gasteiger partial charge on any atom is 0.320 e. The highest BCUT2D eigenvalue weighted by Crippen LogP contribution is 2.19. The van der Waals surface area contributed by atoms with Gasteiger partial charge in [-0.25, -0.2) is 4.98 Å². The molecule has 1 heterocycles. The molecule has 134 valence electrons. The lowest BCUT2D eigenvalue weighted by Gasteiger charge is -2.20. The first-order valence-corrected chi connectivity index (χ1v) is 8.66. The molecule has 5 heteroatoms. The lowest BCUT2D eigenvalue weighted by atomic mass is 10.2. The second-order valence-electron chi connectivity index (χ2n) is 5.95. The van der Waals surface area contributed by atoms with Crippen LogP contribution in [0.2, 0.25) is 0 Å². The summed E-state index contributed by atoms with van der Waals surface area (Å²) in [7, 11) is 0. The third-order valence-corrected chi connectivity index (χ3v) is 3.87. The van der Waals surface area contributed by atoms with Gasteiger partial charge in [0.05, 0.1) is 18.8 Å². The van der Waals surface area contributed by atoms with E-state index in [4.69, 9.17) is 9.15 Å². The average Bonchev–Trinajstić information content (AvgIpc) is 3.12. The number of carbonyl (C=O) groups excluding carboxylic acids is 1. The molecule has 2 aromatic carbocycles. The highest BCUT2D eigenvalue weighted by Gasteiger charge is 2.15. The summed E-state index contributed by atoms with van der Waals surface area (Å²) in [5.41, 5.74) is 2.84. The number of nitrogens with zero attached hydrogens (tertiary/aromatic N) is 2. The zero-order valence-electron chi connectivity index (χ0n) is 14.8. The van der Waals surface area contributed by atoms with E-state index in [2.05, 4.69) is 4.98 Å². The number of hydrogen-bond donors (Lipinski definition) is 0. The molecule has 0 bridgehead atoms. The van der Waals surface area contributed by atoms with Gasteiger partial charge < -0.3 is 9.15 Å². The molecule has 5 nitrogen and oxygen atoms in total. The van der Waals surface area contributed by atoms with Crippen LogP contribution in [0.5, 0.6) is 0 Å². The van der Waals surface area contributed by atoms with E-state index in [1.54, 1.807) is 6.26 Å². The predicted molar refractivity (Wildman–Crippen MR) is 99.1 cm³/mol. The van der Waals surface area contributed by atoms with Gasteiger partial charge in [-0.1, -0.05) is 48.5 Å². The number of hydrogen-bond acceptors (Lipinski definition) is 5. The fourth-order valence-electron chi connectivity index (χ4n) is 2.72. The summed E-state index contributed by atoms with van der Waals surface area (Å²) in [6, 6.07) is 19.8. The second kappa shape index (κ2) is 8.97. The van der Waals surface area contributed by atoms with E-state index in [-0.39, 0.29) is 12.5 Å². The lowest BCUT2D eigenvalue weighted by Crippen LogP contribution is -2.30. The van der Waals surface area contributed by atoms with Gasteiger partial charge in [0, 0.05) is 18.7 Å². The van der Waals surface area contributed by atoms with Crippen molar-refractivity contribution < 1.29 is 13.9 Å². The van der Waals surface area contributed by atoms with E-state index >= 15 is 0 Å². The van der Waals surface area contributed by atoms with Gasteiger partial charge in [-0.3, -0.25) is 9.69 Å². The molecule has 0 aliphatic heterocycles. The molecule has 0 spiro atoms. The van der Waals surface area contributed by atoms with E-state index in [1.165, 1.54) is 0 Å². The van der Waals surface area contributed by atoms with Crippen molar-refractivity contribution in [2.24, 2.45) is 0 Å². The number of esters is 1. The molecule has 0 atom stereocenters. The number of oxazole rings is 1. The Bertz CT molecular complexity index is 816. The Hall–Kier alpha value is -2.92. The minimum absolute atomic E-state index is 0.205. The van der Waals surface area contributed by atoms with E-state index < -0.39 is 0 Å². The molecule has 3 rings (SSSR count). The molecule has 0 N–H and O–H groups in total. The molecule has 3 aromatic rings. The number of benzene rings is 2. The molecule has 1 aromatic heterocycles. The quantitative estimate of drug-likeness (QED) is 0.577. The number of ether oxygens (including phenoxy) is 1. The predicted octanol–water partition coefficient (Wildman–Crippen LogP) is 3.91. The fourth-order valence-corrected chi connectivity index (χ4v) is 2.72. The van der Waals surface area contributed by atoms with Crippen LogP contribution in [0.3, 0.4) is 0 Å². The van der Waals surface area contributed by atoms with Gasteiger partial charge in [0.25, 0.3) is 0 Å². The summed E-state index contributed by atoms with van der Waals surface area (Å²) < 4.78 is 10.7. The van der Waals surface area contributed by atoms with Gasteiger partial charge in [-0.05, 0) is 24.6 Å². The molecule has 0 saturated carbocycles. The van der Waals surface area contributed by atoms with Crippen LogP contribution in [-0.2, 0) is 22.6 Å².